The summed E-state index contributed by atoms with van der Waals surface area (Å²) in [5.74, 6) is 1.39. The number of nitrogens with zero attached hydrogens (tertiary/aromatic N) is 5. The minimum absolute atomic E-state index is 0.0773. The second-order valence-corrected chi connectivity index (χ2v) is 7.85. The van der Waals surface area contributed by atoms with Crippen LogP contribution in [0.25, 0.3) is 0 Å². The average Bonchev–Trinajstić information content (AvgIpc) is 2.79. The second kappa shape index (κ2) is 8.59. The van der Waals surface area contributed by atoms with Crippen molar-refractivity contribution in [1.29, 1.82) is 0 Å². The minimum Gasteiger partial charge on any atom is -0.353 e. The van der Waals surface area contributed by atoms with Crippen molar-refractivity contribution in [1.82, 2.24) is 19.8 Å². The van der Waals surface area contributed by atoms with Crippen LogP contribution >= 0.6 is 0 Å². The highest BCUT2D eigenvalue weighted by atomic mass is 16.2. The first kappa shape index (κ1) is 19.4. The zero-order chi connectivity index (χ0) is 20.2. The molecule has 0 atom stereocenters. The topological polar surface area (TPSA) is 69.6 Å². The van der Waals surface area contributed by atoms with Crippen molar-refractivity contribution in [3.63, 3.8) is 0 Å². The van der Waals surface area contributed by atoms with Crippen LogP contribution in [-0.2, 0) is 0 Å². The quantitative estimate of drug-likeness (QED) is 0.800. The van der Waals surface area contributed by atoms with E-state index < -0.39 is 0 Å². The van der Waals surface area contributed by atoms with Crippen molar-refractivity contribution in [3.8, 4) is 0 Å². The standard InChI is InChI=1S/C22H27N5O2/c1-17-8-11-26(12-9-17)21(28)18-5-4-6-19(24-18)22(29)27-15-13-25(14-16-27)20-7-2-3-10-23-20/h2-7,10,17H,8-9,11-16H2,1H3. The Bertz CT molecular complexity index is 857. The van der Waals surface area contributed by atoms with Gasteiger partial charge in [-0.3, -0.25) is 9.59 Å². The van der Waals surface area contributed by atoms with E-state index in [4.69, 9.17) is 0 Å². The van der Waals surface area contributed by atoms with Crippen LogP contribution in [-0.4, -0.2) is 70.9 Å². The molecule has 4 heterocycles. The van der Waals surface area contributed by atoms with Crippen LogP contribution in [0.15, 0.2) is 42.6 Å². The van der Waals surface area contributed by atoms with Gasteiger partial charge in [0, 0.05) is 45.5 Å². The van der Waals surface area contributed by atoms with E-state index in [1.807, 2.05) is 23.1 Å². The Labute approximate surface area is 171 Å². The molecule has 152 valence electrons. The fourth-order valence-corrected chi connectivity index (χ4v) is 3.89. The molecule has 7 nitrogen and oxygen atoms in total. The zero-order valence-electron chi connectivity index (χ0n) is 16.8. The van der Waals surface area contributed by atoms with Gasteiger partial charge in [-0.1, -0.05) is 19.1 Å². The fraction of sp³-hybridized carbons (Fsp3) is 0.455. The number of piperazine rings is 1. The van der Waals surface area contributed by atoms with Crippen molar-refractivity contribution in [2.45, 2.75) is 19.8 Å². The number of hydrogen-bond donors (Lipinski definition) is 0. The number of aromatic nitrogens is 2. The van der Waals surface area contributed by atoms with E-state index in [1.54, 1.807) is 29.3 Å². The summed E-state index contributed by atoms with van der Waals surface area (Å²) in [6.07, 6.45) is 3.82. The van der Waals surface area contributed by atoms with Crippen molar-refractivity contribution >= 4 is 17.6 Å². The minimum atomic E-state index is -0.118. The summed E-state index contributed by atoms with van der Waals surface area (Å²) in [4.78, 5) is 40.3. The largest absolute Gasteiger partial charge is 0.353 e. The van der Waals surface area contributed by atoms with E-state index in [0.29, 0.717) is 30.4 Å². The molecular formula is C22H27N5O2. The molecule has 0 aliphatic carbocycles. The highest BCUT2D eigenvalue weighted by molar-refractivity contribution is 5.96. The van der Waals surface area contributed by atoms with Gasteiger partial charge in [-0.2, -0.15) is 0 Å². The van der Waals surface area contributed by atoms with E-state index >= 15 is 0 Å². The molecule has 4 rings (SSSR count). The van der Waals surface area contributed by atoms with Crippen LogP contribution in [0.5, 0.6) is 0 Å². The second-order valence-electron chi connectivity index (χ2n) is 7.85. The van der Waals surface area contributed by atoms with Crippen LogP contribution in [0.1, 0.15) is 40.7 Å². The molecule has 2 aliphatic heterocycles. The molecule has 2 saturated heterocycles. The maximum atomic E-state index is 12.9. The lowest BCUT2D eigenvalue weighted by atomic mass is 9.99. The Balaban J connectivity index is 1.39. The van der Waals surface area contributed by atoms with Crippen molar-refractivity contribution < 1.29 is 9.59 Å². The molecule has 2 aliphatic rings. The first-order valence-corrected chi connectivity index (χ1v) is 10.3. The van der Waals surface area contributed by atoms with Crippen LogP contribution < -0.4 is 4.90 Å². The number of anilines is 1. The number of amides is 2. The third kappa shape index (κ3) is 4.39. The van der Waals surface area contributed by atoms with Crippen LogP contribution in [0.2, 0.25) is 0 Å². The van der Waals surface area contributed by atoms with E-state index in [1.165, 1.54) is 0 Å². The van der Waals surface area contributed by atoms with Crippen LogP contribution in [0, 0.1) is 5.92 Å². The Kier molecular flexibility index (Phi) is 5.74. The van der Waals surface area contributed by atoms with Gasteiger partial charge in [0.05, 0.1) is 0 Å². The molecule has 0 aromatic carbocycles. The normalized spacial score (nSPS) is 18.0. The molecule has 29 heavy (non-hydrogen) atoms. The average molecular weight is 393 g/mol. The van der Waals surface area contributed by atoms with E-state index in [2.05, 4.69) is 21.8 Å². The summed E-state index contributed by atoms with van der Waals surface area (Å²) in [5, 5.41) is 0. The molecule has 0 spiro atoms. The molecule has 0 radical (unpaired) electrons. The van der Waals surface area contributed by atoms with Crippen LogP contribution in [0.4, 0.5) is 5.82 Å². The predicted molar refractivity (Wildman–Crippen MR) is 111 cm³/mol. The third-order valence-corrected chi connectivity index (χ3v) is 5.80. The molecule has 2 amide bonds. The van der Waals surface area contributed by atoms with Crippen molar-refractivity contribution in [3.05, 3.63) is 54.0 Å². The Hall–Kier alpha value is -2.96. The molecule has 0 N–H and O–H groups in total. The first-order chi connectivity index (χ1) is 14.1. The summed E-state index contributed by atoms with van der Waals surface area (Å²) in [6, 6.07) is 11.0. The van der Waals surface area contributed by atoms with Gasteiger partial charge in [0.2, 0.25) is 0 Å². The Morgan fingerprint density at radius 3 is 2.03 bits per heavy atom. The number of piperidine rings is 1. The predicted octanol–water partition coefficient (Wildman–Crippen LogP) is 2.31. The van der Waals surface area contributed by atoms with E-state index in [9.17, 15) is 9.59 Å². The molecular weight excluding hydrogens is 366 g/mol. The van der Waals surface area contributed by atoms with Gasteiger partial charge in [0.15, 0.2) is 0 Å². The van der Waals surface area contributed by atoms with Gasteiger partial charge in [0.1, 0.15) is 17.2 Å². The maximum absolute atomic E-state index is 12.9. The lowest BCUT2D eigenvalue weighted by Crippen LogP contribution is -2.49. The number of likely N-dealkylation sites (tertiary alicyclic amines) is 1. The fourth-order valence-electron chi connectivity index (χ4n) is 3.89. The molecule has 0 bridgehead atoms. The van der Waals surface area contributed by atoms with Gasteiger partial charge in [-0.25, -0.2) is 9.97 Å². The van der Waals surface area contributed by atoms with Crippen LogP contribution in [0.3, 0.4) is 0 Å². The van der Waals surface area contributed by atoms with E-state index in [0.717, 1.165) is 44.8 Å². The Morgan fingerprint density at radius 1 is 0.828 bits per heavy atom. The number of carbonyl (C=O) groups excluding carboxylic acids is 2. The van der Waals surface area contributed by atoms with Gasteiger partial charge in [-0.05, 0) is 43.0 Å². The lowest BCUT2D eigenvalue weighted by molar-refractivity contribution is 0.0690. The zero-order valence-corrected chi connectivity index (χ0v) is 16.8. The van der Waals surface area contributed by atoms with Crippen molar-refractivity contribution in [2.75, 3.05) is 44.2 Å². The molecule has 2 aromatic rings. The summed E-state index contributed by atoms with van der Waals surface area (Å²) in [5.41, 5.74) is 0.699. The van der Waals surface area contributed by atoms with Gasteiger partial charge in [-0.15, -0.1) is 0 Å². The summed E-state index contributed by atoms with van der Waals surface area (Å²) < 4.78 is 0. The van der Waals surface area contributed by atoms with Gasteiger partial charge < -0.3 is 14.7 Å². The summed E-state index contributed by atoms with van der Waals surface area (Å²) >= 11 is 0. The smallest absolute Gasteiger partial charge is 0.272 e. The monoisotopic (exact) mass is 393 g/mol. The summed E-state index contributed by atoms with van der Waals surface area (Å²) in [6.45, 7) is 6.41. The number of carbonyl (C=O) groups is 2. The molecule has 2 fully saturated rings. The highest BCUT2D eigenvalue weighted by Gasteiger charge is 2.26. The molecule has 7 heteroatoms. The lowest BCUT2D eigenvalue weighted by Gasteiger charge is -2.35. The summed E-state index contributed by atoms with van der Waals surface area (Å²) in [7, 11) is 0. The number of rotatable bonds is 3. The van der Waals surface area contributed by atoms with Crippen molar-refractivity contribution in [2.24, 2.45) is 5.92 Å². The molecule has 0 saturated carbocycles. The highest BCUT2D eigenvalue weighted by Crippen LogP contribution is 2.18. The Morgan fingerprint density at radius 2 is 1.45 bits per heavy atom. The molecule has 0 unspecified atom stereocenters. The molecule has 2 aromatic heterocycles. The third-order valence-electron chi connectivity index (χ3n) is 5.80. The SMILES string of the molecule is CC1CCN(C(=O)c2cccc(C(=O)N3CCN(c4ccccn4)CC3)n2)CC1. The van der Waals surface area contributed by atoms with Gasteiger partial charge >= 0.3 is 0 Å². The first-order valence-electron chi connectivity index (χ1n) is 10.3. The number of hydrogen-bond acceptors (Lipinski definition) is 5. The number of pyridine rings is 2. The van der Waals surface area contributed by atoms with E-state index in [-0.39, 0.29) is 11.8 Å². The van der Waals surface area contributed by atoms with Gasteiger partial charge in [0.25, 0.3) is 11.8 Å². The maximum Gasteiger partial charge on any atom is 0.272 e.